The Morgan fingerprint density at radius 3 is 3.04 bits per heavy atom. The first kappa shape index (κ1) is 17.0. The van der Waals surface area contributed by atoms with Crippen LogP contribution in [0, 0.1) is 0 Å². The molecule has 1 amide bonds. The van der Waals surface area contributed by atoms with Gasteiger partial charge in [0.25, 0.3) is 0 Å². The lowest BCUT2D eigenvalue weighted by Crippen LogP contribution is -2.31. The molecule has 0 spiro atoms. The summed E-state index contributed by atoms with van der Waals surface area (Å²) in [6.07, 6.45) is 7.03. The van der Waals surface area contributed by atoms with Gasteiger partial charge in [-0.1, -0.05) is 6.07 Å². The monoisotopic (exact) mass is 344 g/mol. The molecule has 1 unspecified atom stereocenters. The van der Waals surface area contributed by atoms with Crippen molar-refractivity contribution < 1.29 is 4.79 Å². The highest BCUT2D eigenvalue weighted by molar-refractivity contribution is 7.09. The second-order valence-electron chi connectivity index (χ2n) is 6.50. The Morgan fingerprint density at radius 2 is 2.29 bits per heavy atom. The summed E-state index contributed by atoms with van der Waals surface area (Å²) in [5.41, 5.74) is 1.88. The minimum absolute atomic E-state index is 0.0791. The number of thiophene rings is 1. The molecule has 1 fully saturated rings. The molecule has 1 aliphatic rings. The minimum Gasteiger partial charge on any atom is -0.334 e. The predicted molar refractivity (Wildman–Crippen MR) is 95.8 cm³/mol. The molecule has 1 atom stereocenters. The van der Waals surface area contributed by atoms with Gasteiger partial charge in [0, 0.05) is 30.6 Å². The number of hydrogen-bond acceptors (Lipinski definition) is 5. The highest BCUT2D eigenvalue weighted by atomic mass is 32.1. The van der Waals surface area contributed by atoms with E-state index in [2.05, 4.69) is 21.3 Å². The Kier molecular flexibility index (Phi) is 5.58. The number of amides is 1. The molecule has 6 heteroatoms. The molecule has 1 aliphatic heterocycles. The van der Waals surface area contributed by atoms with Gasteiger partial charge < -0.3 is 9.80 Å². The molecule has 24 heavy (non-hydrogen) atoms. The molecule has 3 heterocycles. The zero-order valence-electron chi connectivity index (χ0n) is 14.3. The largest absolute Gasteiger partial charge is 0.334 e. The number of aryl methyl sites for hydroxylation is 1. The standard InChI is InChI=1S/C18H24N4OS/c1-21(2)13-14-11-19-12-16(20-14)17-6-3-9-22(17)18(23)8-7-15-5-4-10-24-15/h4-5,10-12,17H,3,6-9,13H2,1-2H3. The van der Waals surface area contributed by atoms with Crippen LogP contribution in [0.15, 0.2) is 29.9 Å². The Hall–Kier alpha value is -1.79. The number of rotatable bonds is 6. The van der Waals surface area contributed by atoms with Crippen molar-refractivity contribution in [3.8, 4) is 0 Å². The number of likely N-dealkylation sites (tertiary alicyclic amines) is 1. The first-order valence-corrected chi connectivity index (χ1v) is 9.29. The van der Waals surface area contributed by atoms with Crippen molar-refractivity contribution in [1.29, 1.82) is 0 Å². The zero-order chi connectivity index (χ0) is 16.9. The SMILES string of the molecule is CN(C)Cc1cncc(C2CCCN2C(=O)CCc2cccs2)n1. The lowest BCUT2D eigenvalue weighted by atomic mass is 10.1. The second-order valence-corrected chi connectivity index (χ2v) is 7.53. The smallest absolute Gasteiger partial charge is 0.223 e. The molecule has 0 aromatic carbocycles. The molecule has 3 rings (SSSR count). The normalized spacial score (nSPS) is 17.6. The molecule has 2 aromatic heterocycles. The van der Waals surface area contributed by atoms with E-state index in [1.54, 1.807) is 17.5 Å². The van der Waals surface area contributed by atoms with E-state index in [9.17, 15) is 4.79 Å². The van der Waals surface area contributed by atoms with Gasteiger partial charge >= 0.3 is 0 Å². The van der Waals surface area contributed by atoms with Crippen LogP contribution < -0.4 is 0 Å². The van der Waals surface area contributed by atoms with Crippen LogP contribution in [0.5, 0.6) is 0 Å². The average molecular weight is 344 g/mol. The van der Waals surface area contributed by atoms with Crippen LogP contribution in [-0.2, 0) is 17.8 Å². The van der Waals surface area contributed by atoms with Crippen LogP contribution in [0.4, 0.5) is 0 Å². The Balaban J connectivity index is 1.67. The van der Waals surface area contributed by atoms with Crippen molar-refractivity contribution >= 4 is 17.2 Å². The van der Waals surface area contributed by atoms with E-state index in [0.717, 1.165) is 43.7 Å². The topological polar surface area (TPSA) is 49.3 Å². The maximum absolute atomic E-state index is 12.7. The summed E-state index contributed by atoms with van der Waals surface area (Å²) in [6, 6.07) is 4.21. The molecule has 0 N–H and O–H groups in total. The molecule has 2 aromatic rings. The molecule has 0 saturated carbocycles. The van der Waals surface area contributed by atoms with Crippen molar-refractivity contribution in [3.05, 3.63) is 46.2 Å². The summed E-state index contributed by atoms with van der Waals surface area (Å²) in [5.74, 6) is 0.228. The van der Waals surface area contributed by atoms with Crippen LogP contribution in [0.3, 0.4) is 0 Å². The minimum atomic E-state index is 0.0791. The predicted octanol–water partition coefficient (Wildman–Crippen LogP) is 2.90. The van der Waals surface area contributed by atoms with Gasteiger partial charge in [0.15, 0.2) is 0 Å². The van der Waals surface area contributed by atoms with Crippen LogP contribution in [-0.4, -0.2) is 46.3 Å². The maximum Gasteiger partial charge on any atom is 0.223 e. The molecule has 0 aliphatic carbocycles. The average Bonchev–Trinajstić information content (AvgIpc) is 3.23. The second kappa shape index (κ2) is 7.85. The third kappa shape index (κ3) is 4.19. The van der Waals surface area contributed by atoms with Gasteiger partial charge in [-0.3, -0.25) is 14.8 Å². The van der Waals surface area contributed by atoms with E-state index >= 15 is 0 Å². The first-order chi connectivity index (χ1) is 11.6. The Bertz CT molecular complexity index is 671. The van der Waals surface area contributed by atoms with Gasteiger partial charge in [0.05, 0.1) is 23.6 Å². The molecule has 0 bridgehead atoms. The summed E-state index contributed by atoms with van der Waals surface area (Å²) in [7, 11) is 4.04. The third-order valence-corrected chi connectivity index (χ3v) is 5.20. The van der Waals surface area contributed by atoms with Gasteiger partial charge in [-0.15, -0.1) is 11.3 Å². The quantitative estimate of drug-likeness (QED) is 0.808. The van der Waals surface area contributed by atoms with Crippen LogP contribution in [0.2, 0.25) is 0 Å². The van der Waals surface area contributed by atoms with Gasteiger partial charge in [-0.05, 0) is 44.8 Å². The van der Waals surface area contributed by atoms with Gasteiger partial charge in [-0.2, -0.15) is 0 Å². The van der Waals surface area contributed by atoms with Crippen LogP contribution in [0.1, 0.15) is 41.6 Å². The highest BCUT2D eigenvalue weighted by Gasteiger charge is 2.30. The molecular formula is C18H24N4OS. The van der Waals surface area contributed by atoms with E-state index in [-0.39, 0.29) is 11.9 Å². The fourth-order valence-corrected chi connectivity index (χ4v) is 3.89. The van der Waals surface area contributed by atoms with Gasteiger partial charge in [-0.25, -0.2) is 0 Å². The number of hydrogen-bond donors (Lipinski definition) is 0. The van der Waals surface area contributed by atoms with Gasteiger partial charge in [0.1, 0.15) is 0 Å². The summed E-state index contributed by atoms with van der Waals surface area (Å²) in [5, 5.41) is 2.06. The summed E-state index contributed by atoms with van der Waals surface area (Å²) >= 11 is 1.71. The third-order valence-electron chi connectivity index (χ3n) is 4.26. The molecule has 1 saturated heterocycles. The van der Waals surface area contributed by atoms with Gasteiger partial charge in [0.2, 0.25) is 5.91 Å². The lowest BCUT2D eigenvalue weighted by Gasteiger charge is -2.24. The van der Waals surface area contributed by atoms with Crippen molar-refractivity contribution in [2.24, 2.45) is 0 Å². The number of carbonyl (C=O) groups excluding carboxylic acids is 1. The number of carbonyl (C=O) groups is 1. The fraction of sp³-hybridized carbons (Fsp3) is 0.500. The van der Waals surface area contributed by atoms with Crippen molar-refractivity contribution in [2.75, 3.05) is 20.6 Å². The number of aromatic nitrogens is 2. The highest BCUT2D eigenvalue weighted by Crippen LogP contribution is 2.31. The first-order valence-electron chi connectivity index (χ1n) is 8.41. The van der Waals surface area contributed by atoms with Crippen molar-refractivity contribution in [1.82, 2.24) is 19.8 Å². The van der Waals surface area contributed by atoms with E-state index in [4.69, 9.17) is 4.98 Å². The molecule has 5 nitrogen and oxygen atoms in total. The number of nitrogens with zero attached hydrogens (tertiary/aromatic N) is 4. The lowest BCUT2D eigenvalue weighted by molar-refractivity contribution is -0.132. The summed E-state index contributed by atoms with van der Waals surface area (Å²) in [6.45, 7) is 1.59. The molecule has 128 valence electrons. The Morgan fingerprint density at radius 1 is 1.42 bits per heavy atom. The Labute approximate surface area is 147 Å². The van der Waals surface area contributed by atoms with E-state index < -0.39 is 0 Å². The van der Waals surface area contributed by atoms with E-state index in [1.165, 1.54) is 4.88 Å². The zero-order valence-corrected chi connectivity index (χ0v) is 15.1. The fourth-order valence-electron chi connectivity index (χ4n) is 3.19. The van der Waals surface area contributed by atoms with Crippen LogP contribution in [0.25, 0.3) is 0 Å². The summed E-state index contributed by atoms with van der Waals surface area (Å²) < 4.78 is 0. The summed E-state index contributed by atoms with van der Waals surface area (Å²) in [4.78, 5) is 27.1. The molecule has 0 radical (unpaired) electrons. The van der Waals surface area contributed by atoms with E-state index in [1.807, 2.05) is 31.3 Å². The van der Waals surface area contributed by atoms with Crippen LogP contribution >= 0.6 is 11.3 Å². The van der Waals surface area contributed by atoms with E-state index in [0.29, 0.717) is 6.42 Å². The van der Waals surface area contributed by atoms with Crippen molar-refractivity contribution in [2.45, 2.75) is 38.3 Å². The maximum atomic E-state index is 12.7. The molecular weight excluding hydrogens is 320 g/mol. The van der Waals surface area contributed by atoms with Crippen molar-refractivity contribution in [3.63, 3.8) is 0 Å².